The maximum Gasteiger partial charge on any atom is 0.159 e. The molecule has 0 aliphatic carbocycles. The van der Waals surface area contributed by atoms with E-state index in [0.29, 0.717) is 0 Å². The molecule has 0 spiro atoms. The van der Waals surface area contributed by atoms with Gasteiger partial charge in [-0.25, -0.2) is 9.97 Å². The Hall–Kier alpha value is -1.74. The Kier molecular flexibility index (Phi) is 5.45. The van der Waals surface area contributed by atoms with Crippen molar-refractivity contribution in [2.24, 2.45) is 0 Å². The van der Waals surface area contributed by atoms with E-state index in [0.717, 1.165) is 37.2 Å². The van der Waals surface area contributed by atoms with E-state index in [9.17, 15) is 0 Å². The molecule has 0 aliphatic rings. The van der Waals surface area contributed by atoms with Crippen LogP contribution in [0.4, 0.5) is 0 Å². The maximum absolute atomic E-state index is 4.84. The van der Waals surface area contributed by atoms with Crippen molar-refractivity contribution < 1.29 is 0 Å². The number of benzene rings is 1. The lowest BCUT2D eigenvalue weighted by molar-refractivity contribution is 0.760. The number of nitrogens with one attached hydrogen (secondary N) is 1. The van der Waals surface area contributed by atoms with Gasteiger partial charge in [-0.1, -0.05) is 38.1 Å². The molecule has 0 bridgehead atoms. The van der Waals surface area contributed by atoms with Gasteiger partial charge in [-0.15, -0.1) is 0 Å². The maximum atomic E-state index is 4.84. The van der Waals surface area contributed by atoms with Crippen molar-refractivity contribution in [3.63, 3.8) is 0 Å². The molecule has 1 aromatic heterocycles. The third-order valence-electron chi connectivity index (χ3n) is 3.86. The first-order valence-electron chi connectivity index (χ1n) is 7.80. The van der Waals surface area contributed by atoms with Gasteiger partial charge in [0.15, 0.2) is 5.82 Å². The summed E-state index contributed by atoms with van der Waals surface area (Å²) in [6.45, 7) is 7.43. The van der Waals surface area contributed by atoms with Gasteiger partial charge in [0.1, 0.15) is 0 Å². The largest absolute Gasteiger partial charge is 0.319 e. The summed E-state index contributed by atoms with van der Waals surface area (Å²) >= 11 is 0. The Morgan fingerprint density at radius 3 is 2.14 bits per heavy atom. The summed E-state index contributed by atoms with van der Waals surface area (Å²) in [6.07, 6.45) is 2.90. The standard InChI is InChI=1S/C18H25N3/c1-5-16-15(11-12-19-4)17(6-2)21-18(20-16)14-10-8-7-9-13(14)3/h7-10,19H,5-6,11-12H2,1-4H3. The van der Waals surface area contributed by atoms with Gasteiger partial charge in [0.25, 0.3) is 0 Å². The Bertz CT molecular complexity index is 580. The van der Waals surface area contributed by atoms with Crippen LogP contribution in [0.1, 0.15) is 36.4 Å². The molecular formula is C18H25N3. The molecule has 1 aromatic carbocycles. The normalized spacial score (nSPS) is 10.9. The molecule has 0 amide bonds. The van der Waals surface area contributed by atoms with Gasteiger partial charge >= 0.3 is 0 Å². The number of nitrogens with zero attached hydrogens (tertiary/aromatic N) is 2. The summed E-state index contributed by atoms with van der Waals surface area (Å²) in [5, 5.41) is 3.22. The third kappa shape index (κ3) is 3.48. The molecule has 1 N–H and O–H groups in total. The first kappa shape index (κ1) is 15.6. The second kappa shape index (κ2) is 7.32. The molecule has 21 heavy (non-hydrogen) atoms. The lowest BCUT2D eigenvalue weighted by Gasteiger charge is -2.14. The molecule has 3 heteroatoms. The van der Waals surface area contributed by atoms with Crippen molar-refractivity contribution in [1.82, 2.24) is 15.3 Å². The van der Waals surface area contributed by atoms with Crippen LogP contribution >= 0.6 is 0 Å². The van der Waals surface area contributed by atoms with Crippen molar-refractivity contribution >= 4 is 0 Å². The van der Waals surface area contributed by atoms with Crippen LogP contribution in [0.3, 0.4) is 0 Å². The minimum absolute atomic E-state index is 0.870. The molecule has 0 fully saturated rings. The van der Waals surface area contributed by atoms with E-state index >= 15 is 0 Å². The highest BCUT2D eigenvalue weighted by atomic mass is 14.9. The summed E-state index contributed by atoms with van der Waals surface area (Å²) in [7, 11) is 1.99. The van der Waals surface area contributed by atoms with Crippen molar-refractivity contribution in [2.45, 2.75) is 40.0 Å². The van der Waals surface area contributed by atoms with E-state index in [2.05, 4.69) is 50.4 Å². The van der Waals surface area contributed by atoms with Crippen LogP contribution in [0.5, 0.6) is 0 Å². The van der Waals surface area contributed by atoms with Crippen LogP contribution in [0.25, 0.3) is 11.4 Å². The fourth-order valence-electron chi connectivity index (χ4n) is 2.65. The zero-order valence-electron chi connectivity index (χ0n) is 13.5. The van der Waals surface area contributed by atoms with Crippen LogP contribution < -0.4 is 5.32 Å². The fourth-order valence-corrected chi connectivity index (χ4v) is 2.65. The topological polar surface area (TPSA) is 37.8 Å². The molecule has 2 rings (SSSR count). The van der Waals surface area contributed by atoms with Crippen LogP contribution in [0, 0.1) is 6.92 Å². The Morgan fingerprint density at radius 2 is 1.62 bits per heavy atom. The van der Waals surface area contributed by atoms with Crippen molar-refractivity contribution in [3.8, 4) is 11.4 Å². The summed E-state index contributed by atoms with van der Waals surface area (Å²) in [4.78, 5) is 9.69. The molecule has 0 atom stereocenters. The van der Waals surface area contributed by atoms with Crippen molar-refractivity contribution in [2.75, 3.05) is 13.6 Å². The van der Waals surface area contributed by atoms with Crippen LogP contribution in [-0.4, -0.2) is 23.6 Å². The Balaban J connectivity index is 2.52. The van der Waals surface area contributed by atoms with E-state index < -0.39 is 0 Å². The molecule has 0 aliphatic heterocycles. The van der Waals surface area contributed by atoms with E-state index in [4.69, 9.17) is 9.97 Å². The average Bonchev–Trinajstić information content (AvgIpc) is 2.52. The number of aryl methyl sites for hydroxylation is 3. The van der Waals surface area contributed by atoms with Gasteiger partial charge in [0.2, 0.25) is 0 Å². The van der Waals surface area contributed by atoms with Gasteiger partial charge < -0.3 is 5.32 Å². The number of rotatable bonds is 6. The van der Waals surface area contributed by atoms with E-state index in [1.807, 2.05) is 7.05 Å². The predicted molar refractivity (Wildman–Crippen MR) is 88.6 cm³/mol. The lowest BCUT2D eigenvalue weighted by atomic mass is 10.0. The smallest absolute Gasteiger partial charge is 0.159 e. The highest BCUT2D eigenvalue weighted by molar-refractivity contribution is 5.60. The second-order valence-corrected chi connectivity index (χ2v) is 5.29. The number of aromatic nitrogens is 2. The summed E-state index contributed by atoms with van der Waals surface area (Å²) < 4.78 is 0. The molecule has 1 heterocycles. The monoisotopic (exact) mass is 283 g/mol. The first-order chi connectivity index (χ1) is 10.2. The molecule has 0 unspecified atom stereocenters. The molecule has 0 saturated carbocycles. The minimum Gasteiger partial charge on any atom is -0.319 e. The van der Waals surface area contributed by atoms with Crippen LogP contribution in [-0.2, 0) is 19.3 Å². The predicted octanol–water partition coefficient (Wildman–Crippen LogP) is 3.34. The third-order valence-corrected chi connectivity index (χ3v) is 3.86. The van der Waals surface area contributed by atoms with Crippen molar-refractivity contribution in [3.05, 3.63) is 46.8 Å². The SMILES string of the molecule is CCc1nc(-c2ccccc2C)nc(CC)c1CCNC. The van der Waals surface area contributed by atoms with E-state index in [1.165, 1.54) is 22.5 Å². The molecule has 0 saturated heterocycles. The lowest BCUT2D eigenvalue weighted by Crippen LogP contribution is -2.15. The molecule has 112 valence electrons. The van der Waals surface area contributed by atoms with Crippen molar-refractivity contribution in [1.29, 1.82) is 0 Å². The second-order valence-electron chi connectivity index (χ2n) is 5.29. The Labute approximate surface area is 127 Å². The minimum atomic E-state index is 0.870. The average molecular weight is 283 g/mol. The number of hydrogen-bond donors (Lipinski definition) is 1. The summed E-state index contributed by atoms with van der Waals surface area (Å²) in [6, 6.07) is 8.33. The Morgan fingerprint density at radius 1 is 1.00 bits per heavy atom. The van der Waals surface area contributed by atoms with Crippen LogP contribution in [0.2, 0.25) is 0 Å². The van der Waals surface area contributed by atoms with Gasteiger partial charge in [0, 0.05) is 17.0 Å². The highest BCUT2D eigenvalue weighted by Gasteiger charge is 2.13. The summed E-state index contributed by atoms with van der Waals surface area (Å²) in [5.41, 5.74) is 6.07. The van der Waals surface area contributed by atoms with Gasteiger partial charge in [-0.3, -0.25) is 0 Å². The molecular weight excluding hydrogens is 258 g/mol. The highest BCUT2D eigenvalue weighted by Crippen LogP contribution is 2.23. The summed E-state index contributed by atoms with van der Waals surface area (Å²) in [5.74, 6) is 0.870. The van der Waals surface area contributed by atoms with Gasteiger partial charge in [0.05, 0.1) is 0 Å². The van der Waals surface area contributed by atoms with Gasteiger partial charge in [-0.2, -0.15) is 0 Å². The number of likely N-dealkylation sites (N-methyl/N-ethyl adjacent to an activating group) is 1. The van der Waals surface area contributed by atoms with Gasteiger partial charge in [-0.05, 0) is 50.9 Å². The molecule has 0 radical (unpaired) electrons. The first-order valence-corrected chi connectivity index (χ1v) is 7.80. The zero-order valence-corrected chi connectivity index (χ0v) is 13.5. The van der Waals surface area contributed by atoms with Crippen LogP contribution in [0.15, 0.2) is 24.3 Å². The quantitative estimate of drug-likeness (QED) is 0.883. The zero-order chi connectivity index (χ0) is 15.2. The molecule has 2 aromatic rings. The number of hydrogen-bond acceptors (Lipinski definition) is 3. The molecule has 3 nitrogen and oxygen atoms in total. The fraction of sp³-hybridized carbons (Fsp3) is 0.444. The van der Waals surface area contributed by atoms with E-state index in [-0.39, 0.29) is 0 Å². The van der Waals surface area contributed by atoms with E-state index in [1.54, 1.807) is 0 Å².